The lowest BCUT2D eigenvalue weighted by Crippen LogP contribution is -2.54. The van der Waals surface area contributed by atoms with Gasteiger partial charge in [0.25, 0.3) is 0 Å². The molecule has 0 aromatic carbocycles. The highest BCUT2D eigenvalue weighted by molar-refractivity contribution is 5.76. The van der Waals surface area contributed by atoms with Gasteiger partial charge in [-0.25, -0.2) is 4.79 Å². The van der Waals surface area contributed by atoms with Gasteiger partial charge in [-0.15, -0.1) is 0 Å². The third-order valence-electron chi connectivity index (χ3n) is 3.79. The molecule has 2 aliphatic heterocycles. The van der Waals surface area contributed by atoms with E-state index in [2.05, 4.69) is 0 Å². The zero-order valence-corrected chi connectivity index (χ0v) is 12.3. The number of rotatable bonds is 4. The van der Waals surface area contributed by atoms with Crippen LogP contribution in [0.25, 0.3) is 0 Å². The Morgan fingerprint density at radius 3 is 2.90 bits per heavy atom. The molecule has 21 heavy (non-hydrogen) atoms. The van der Waals surface area contributed by atoms with Gasteiger partial charge in [0, 0.05) is 26.7 Å². The van der Waals surface area contributed by atoms with Crippen molar-refractivity contribution in [1.29, 1.82) is 0 Å². The van der Waals surface area contributed by atoms with Gasteiger partial charge in [-0.3, -0.25) is 4.79 Å². The van der Waals surface area contributed by atoms with E-state index in [4.69, 9.17) is 14.6 Å². The van der Waals surface area contributed by atoms with Gasteiger partial charge in [-0.1, -0.05) is 6.08 Å². The number of carbonyl (C=O) groups is 2. The Hall–Kier alpha value is -1.60. The second-order valence-corrected chi connectivity index (χ2v) is 5.29. The molecule has 0 aliphatic carbocycles. The highest BCUT2D eigenvalue weighted by Crippen LogP contribution is 2.17. The lowest BCUT2D eigenvalue weighted by molar-refractivity contribution is -0.139. The third-order valence-corrected chi connectivity index (χ3v) is 3.79. The summed E-state index contributed by atoms with van der Waals surface area (Å²) in [5, 5.41) is 8.94. The lowest BCUT2D eigenvalue weighted by Gasteiger charge is -2.39. The van der Waals surface area contributed by atoms with Gasteiger partial charge >= 0.3 is 12.0 Å². The number of hydrogen-bond donors (Lipinski definition) is 1. The number of methoxy groups -OCH3 is 1. The van der Waals surface area contributed by atoms with Gasteiger partial charge in [0.2, 0.25) is 0 Å². The van der Waals surface area contributed by atoms with Crippen molar-refractivity contribution < 1.29 is 24.2 Å². The molecule has 0 spiro atoms. The SMILES string of the molecule is COCC1=CCN(C(=O)N2CCOCC2CC(=O)O)CC1. The minimum absolute atomic E-state index is 0.0790. The van der Waals surface area contributed by atoms with Crippen molar-refractivity contribution in [3.05, 3.63) is 11.6 Å². The molecule has 0 saturated carbocycles. The largest absolute Gasteiger partial charge is 0.481 e. The molecule has 2 rings (SSSR count). The predicted molar refractivity (Wildman–Crippen MR) is 75.1 cm³/mol. The summed E-state index contributed by atoms with van der Waals surface area (Å²) in [5.74, 6) is -0.913. The molecule has 0 aromatic heterocycles. The van der Waals surface area contributed by atoms with E-state index in [1.807, 2.05) is 6.08 Å². The highest BCUT2D eigenvalue weighted by Gasteiger charge is 2.32. The first-order chi connectivity index (χ1) is 10.1. The average molecular weight is 298 g/mol. The molecule has 2 amide bonds. The van der Waals surface area contributed by atoms with Crippen molar-refractivity contribution in [2.24, 2.45) is 0 Å². The number of hydrogen-bond acceptors (Lipinski definition) is 4. The summed E-state index contributed by atoms with van der Waals surface area (Å²) in [7, 11) is 1.66. The van der Waals surface area contributed by atoms with Crippen LogP contribution in [-0.4, -0.2) is 79.5 Å². The third kappa shape index (κ3) is 4.18. The standard InChI is InChI=1S/C14H22N2O5/c1-20-9-11-2-4-15(5-3-11)14(19)16-6-7-21-10-12(16)8-13(17)18/h2,12H,3-10H2,1H3,(H,17,18). The Morgan fingerprint density at radius 1 is 1.48 bits per heavy atom. The van der Waals surface area contributed by atoms with E-state index in [0.29, 0.717) is 32.8 Å². The molecule has 1 N–H and O–H groups in total. The number of urea groups is 1. The number of ether oxygens (including phenoxy) is 2. The average Bonchev–Trinajstić information content (AvgIpc) is 2.48. The maximum atomic E-state index is 12.6. The van der Waals surface area contributed by atoms with E-state index in [1.54, 1.807) is 16.9 Å². The first-order valence-electron chi connectivity index (χ1n) is 7.13. The summed E-state index contributed by atoms with van der Waals surface area (Å²) >= 11 is 0. The highest BCUT2D eigenvalue weighted by atomic mass is 16.5. The van der Waals surface area contributed by atoms with Crippen LogP contribution >= 0.6 is 0 Å². The number of aliphatic carboxylic acids is 1. The summed E-state index contributed by atoms with van der Waals surface area (Å²) in [5.41, 5.74) is 1.20. The van der Waals surface area contributed by atoms with E-state index in [-0.39, 0.29) is 25.1 Å². The lowest BCUT2D eigenvalue weighted by atomic mass is 10.1. The van der Waals surface area contributed by atoms with Gasteiger partial charge in [-0.05, 0) is 12.0 Å². The van der Waals surface area contributed by atoms with E-state index < -0.39 is 5.97 Å². The van der Waals surface area contributed by atoms with Crippen LogP contribution in [0.3, 0.4) is 0 Å². The first-order valence-corrected chi connectivity index (χ1v) is 7.13. The fourth-order valence-electron chi connectivity index (χ4n) is 2.66. The van der Waals surface area contributed by atoms with Crippen molar-refractivity contribution in [1.82, 2.24) is 9.80 Å². The van der Waals surface area contributed by atoms with Crippen LogP contribution in [0.5, 0.6) is 0 Å². The van der Waals surface area contributed by atoms with E-state index in [0.717, 1.165) is 6.42 Å². The maximum absolute atomic E-state index is 12.6. The molecule has 0 bridgehead atoms. The summed E-state index contributed by atoms with van der Waals surface area (Å²) < 4.78 is 10.4. The Morgan fingerprint density at radius 2 is 2.29 bits per heavy atom. The fraction of sp³-hybridized carbons (Fsp3) is 0.714. The monoisotopic (exact) mass is 298 g/mol. The summed E-state index contributed by atoms with van der Waals surface area (Å²) in [6, 6.07) is -0.481. The second kappa shape index (κ2) is 7.42. The zero-order chi connectivity index (χ0) is 15.2. The molecular weight excluding hydrogens is 276 g/mol. The van der Waals surface area contributed by atoms with Crippen LogP contribution in [0.2, 0.25) is 0 Å². The van der Waals surface area contributed by atoms with E-state index >= 15 is 0 Å². The molecule has 1 saturated heterocycles. The van der Waals surface area contributed by atoms with Gasteiger partial charge in [0.15, 0.2) is 0 Å². The van der Waals surface area contributed by atoms with Crippen LogP contribution in [-0.2, 0) is 14.3 Å². The van der Waals surface area contributed by atoms with Gasteiger partial charge < -0.3 is 24.4 Å². The van der Waals surface area contributed by atoms with Crippen LogP contribution in [0, 0.1) is 0 Å². The van der Waals surface area contributed by atoms with Crippen molar-refractivity contribution in [3.63, 3.8) is 0 Å². The minimum atomic E-state index is -0.913. The number of carboxylic acid groups (broad SMARTS) is 1. The molecule has 1 atom stereocenters. The van der Waals surface area contributed by atoms with Crippen molar-refractivity contribution >= 4 is 12.0 Å². The molecule has 1 unspecified atom stereocenters. The molecule has 0 radical (unpaired) electrons. The van der Waals surface area contributed by atoms with Gasteiger partial charge in [-0.2, -0.15) is 0 Å². The second-order valence-electron chi connectivity index (χ2n) is 5.29. The van der Waals surface area contributed by atoms with Crippen molar-refractivity contribution in [3.8, 4) is 0 Å². The van der Waals surface area contributed by atoms with Crippen LogP contribution < -0.4 is 0 Å². The number of nitrogens with zero attached hydrogens (tertiary/aromatic N) is 2. The number of carbonyl (C=O) groups excluding carboxylic acids is 1. The minimum Gasteiger partial charge on any atom is -0.481 e. The zero-order valence-electron chi connectivity index (χ0n) is 12.3. The fourth-order valence-corrected chi connectivity index (χ4v) is 2.66. The molecule has 2 aliphatic rings. The first kappa shape index (κ1) is 15.8. The van der Waals surface area contributed by atoms with Crippen molar-refractivity contribution in [2.45, 2.75) is 18.9 Å². The Bertz CT molecular complexity index is 424. The van der Waals surface area contributed by atoms with Crippen LogP contribution in [0.4, 0.5) is 4.79 Å². The van der Waals surface area contributed by atoms with Gasteiger partial charge in [0.1, 0.15) is 0 Å². The number of amides is 2. The maximum Gasteiger partial charge on any atom is 0.320 e. The molecule has 0 aromatic rings. The quantitative estimate of drug-likeness (QED) is 0.767. The predicted octanol–water partition coefficient (Wildman–Crippen LogP) is 0.560. The molecule has 7 heteroatoms. The summed E-state index contributed by atoms with van der Waals surface area (Å²) in [4.78, 5) is 26.8. The number of carboxylic acids is 1. The van der Waals surface area contributed by atoms with E-state index in [1.165, 1.54) is 5.57 Å². The summed E-state index contributed by atoms with van der Waals surface area (Å²) in [6.07, 6.45) is 2.73. The Balaban J connectivity index is 1.96. The van der Waals surface area contributed by atoms with Crippen molar-refractivity contribution in [2.75, 3.05) is 46.6 Å². The molecule has 2 heterocycles. The molecule has 1 fully saturated rings. The normalized spacial score (nSPS) is 22.9. The topological polar surface area (TPSA) is 79.3 Å². The molecule has 7 nitrogen and oxygen atoms in total. The number of morpholine rings is 1. The Labute approximate surface area is 124 Å². The van der Waals surface area contributed by atoms with Gasteiger partial charge in [0.05, 0.1) is 32.3 Å². The Kier molecular flexibility index (Phi) is 5.58. The molecule has 118 valence electrons. The van der Waals surface area contributed by atoms with Crippen LogP contribution in [0.1, 0.15) is 12.8 Å². The summed E-state index contributed by atoms with van der Waals surface area (Å²) in [6.45, 7) is 2.99. The smallest absolute Gasteiger partial charge is 0.320 e. The van der Waals surface area contributed by atoms with Crippen LogP contribution in [0.15, 0.2) is 11.6 Å². The molecular formula is C14H22N2O5. The van der Waals surface area contributed by atoms with E-state index in [9.17, 15) is 9.59 Å².